The number of ether oxygens (including phenoxy) is 1. The monoisotopic (exact) mass is 270 g/mol. The first-order valence-corrected chi connectivity index (χ1v) is 7.14. The predicted octanol–water partition coefficient (Wildman–Crippen LogP) is 1.25. The second kappa shape index (κ2) is 4.09. The van der Waals surface area contributed by atoms with Gasteiger partial charge in [0.05, 0.1) is 5.54 Å². The number of carbonyl (C=O) groups is 1. The summed E-state index contributed by atoms with van der Waals surface area (Å²) in [5.74, 6) is 0.991. The first-order chi connectivity index (χ1) is 9.72. The molecule has 104 valence electrons. The molecule has 0 bridgehead atoms. The zero-order chi connectivity index (χ0) is 13.7. The third-order valence-electron chi connectivity index (χ3n) is 4.65. The molecule has 0 radical (unpaired) electrons. The number of benzene rings is 1. The van der Waals surface area contributed by atoms with Gasteiger partial charge in [0.1, 0.15) is 12.4 Å². The molecule has 1 saturated carbocycles. The van der Waals surface area contributed by atoms with E-state index in [0.717, 1.165) is 25.3 Å². The molecule has 4 nitrogen and oxygen atoms in total. The molecule has 2 atom stereocenters. The number of carbonyl (C=O) groups excluding carboxylic acids is 1. The molecule has 1 aromatic rings. The van der Waals surface area contributed by atoms with Crippen molar-refractivity contribution in [2.24, 2.45) is 0 Å². The molecule has 0 aromatic heterocycles. The maximum Gasteiger partial charge on any atom is 0.246 e. The first kappa shape index (κ1) is 12.0. The van der Waals surface area contributed by atoms with Gasteiger partial charge in [0.15, 0.2) is 0 Å². The largest absolute Gasteiger partial charge is 0.491 e. The van der Waals surface area contributed by atoms with Gasteiger partial charge >= 0.3 is 0 Å². The Labute approximate surface area is 118 Å². The van der Waals surface area contributed by atoms with E-state index in [-0.39, 0.29) is 5.91 Å². The minimum absolute atomic E-state index is 0.00358. The maximum absolute atomic E-state index is 11.7. The van der Waals surface area contributed by atoms with Crippen molar-refractivity contribution in [1.29, 1.82) is 0 Å². The Hall–Kier alpha value is -1.81. The van der Waals surface area contributed by atoms with Gasteiger partial charge in [0, 0.05) is 24.7 Å². The Bertz CT molecular complexity index is 590. The first-order valence-electron chi connectivity index (χ1n) is 7.14. The molecule has 2 fully saturated rings. The van der Waals surface area contributed by atoms with Crippen molar-refractivity contribution in [2.75, 3.05) is 13.2 Å². The van der Waals surface area contributed by atoms with Gasteiger partial charge in [-0.25, -0.2) is 0 Å². The highest BCUT2D eigenvalue weighted by Gasteiger charge is 2.70. The van der Waals surface area contributed by atoms with E-state index in [1.165, 1.54) is 23.6 Å². The van der Waals surface area contributed by atoms with Crippen LogP contribution >= 0.6 is 0 Å². The zero-order valence-electron chi connectivity index (χ0n) is 11.4. The van der Waals surface area contributed by atoms with Crippen LogP contribution in [0.4, 0.5) is 0 Å². The Morgan fingerprint density at radius 1 is 1.60 bits per heavy atom. The van der Waals surface area contributed by atoms with E-state index in [0.29, 0.717) is 18.1 Å². The molecule has 1 unspecified atom stereocenters. The second-order valence-corrected chi connectivity index (χ2v) is 5.95. The van der Waals surface area contributed by atoms with Gasteiger partial charge in [-0.2, -0.15) is 0 Å². The van der Waals surface area contributed by atoms with Crippen molar-refractivity contribution < 1.29 is 9.53 Å². The molecular weight excluding hydrogens is 252 g/mol. The second-order valence-electron chi connectivity index (χ2n) is 5.95. The van der Waals surface area contributed by atoms with E-state index in [1.807, 2.05) is 17.0 Å². The van der Waals surface area contributed by atoms with Gasteiger partial charge in [0.2, 0.25) is 5.91 Å². The molecule has 1 N–H and O–H groups in total. The average molecular weight is 270 g/mol. The van der Waals surface area contributed by atoms with Crippen LogP contribution in [0.1, 0.15) is 17.5 Å². The molecule has 1 aromatic carbocycles. The molecule has 1 saturated heterocycles. The number of nitrogens with zero attached hydrogens (tertiary/aromatic N) is 1. The van der Waals surface area contributed by atoms with Gasteiger partial charge in [-0.3, -0.25) is 4.79 Å². The summed E-state index contributed by atoms with van der Waals surface area (Å²) in [5.41, 5.74) is 2.76. The van der Waals surface area contributed by atoms with Crippen LogP contribution in [0.2, 0.25) is 0 Å². The van der Waals surface area contributed by atoms with Crippen LogP contribution in [0.5, 0.6) is 5.75 Å². The average Bonchev–Trinajstić information content (AvgIpc) is 3.33. The lowest BCUT2D eigenvalue weighted by atomic mass is 9.98. The quantitative estimate of drug-likeness (QED) is 0.662. The van der Waals surface area contributed by atoms with Crippen molar-refractivity contribution in [3.8, 4) is 5.75 Å². The number of hydrogen-bond donors (Lipinski definition) is 1. The lowest BCUT2D eigenvalue weighted by Crippen LogP contribution is -2.35. The van der Waals surface area contributed by atoms with E-state index in [2.05, 4.69) is 18.0 Å². The minimum atomic E-state index is 0.00358. The molecule has 1 aliphatic carbocycles. The Morgan fingerprint density at radius 3 is 3.10 bits per heavy atom. The van der Waals surface area contributed by atoms with Crippen molar-refractivity contribution in [3.05, 3.63) is 42.0 Å². The Morgan fingerprint density at radius 2 is 2.40 bits per heavy atom. The van der Waals surface area contributed by atoms with E-state index in [1.54, 1.807) is 0 Å². The zero-order valence-corrected chi connectivity index (χ0v) is 11.4. The highest BCUT2D eigenvalue weighted by atomic mass is 16.5. The van der Waals surface area contributed by atoms with Gasteiger partial charge in [-0.1, -0.05) is 18.7 Å². The molecule has 1 amide bonds. The van der Waals surface area contributed by atoms with Gasteiger partial charge in [-0.15, -0.1) is 0 Å². The fourth-order valence-electron chi connectivity index (χ4n) is 3.02. The lowest BCUT2D eigenvalue weighted by molar-refractivity contribution is -0.126. The molecule has 4 rings (SSSR count). The van der Waals surface area contributed by atoms with Crippen LogP contribution < -0.4 is 10.1 Å². The fourth-order valence-corrected chi connectivity index (χ4v) is 3.02. The van der Waals surface area contributed by atoms with Crippen molar-refractivity contribution in [2.45, 2.75) is 31.0 Å². The molecule has 0 spiro atoms. The van der Waals surface area contributed by atoms with Crippen LogP contribution in [0.15, 0.2) is 30.9 Å². The summed E-state index contributed by atoms with van der Waals surface area (Å²) in [6.45, 7) is 5.72. The number of nitrogens with one attached hydrogen (secondary N) is 1. The van der Waals surface area contributed by atoms with Gasteiger partial charge in [0.25, 0.3) is 0 Å². The lowest BCUT2D eigenvalue weighted by Gasteiger charge is -2.29. The van der Waals surface area contributed by atoms with Crippen molar-refractivity contribution in [3.63, 3.8) is 0 Å². The molecule has 20 heavy (non-hydrogen) atoms. The van der Waals surface area contributed by atoms with Crippen LogP contribution in [0, 0.1) is 0 Å². The number of hydrogen-bond acceptors (Lipinski definition) is 3. The standard InChI is InChI=1S/C16H18N2O2/c1-2-15(19)18-7-6-12-11(9-18)4-3-5-13(12)20-10-16-8-14(16)17-16/h2-5,14,17H,1,6-10H2/t14?,16-/m0/s1. The number of fused-ring (bicyclic) bond motifs is 2. The summed E-state index contributed by atoms with van der Waals surface area (Å²) < 4.78 is 6.01. The number of rotatable bonds is 4. The maximum atomic E-state index is 11.7. The van der Waals surface area contributed by atoms with E-state index >= 15 is 0 Å². The number of amides is 1. The normalized spacial score (nSPS) is 29.2. The molecular formula is C16H18N2O2. The smallest absolute Gasteiger partial charge is 0.246 e. The topological polar surface area (TPSA) is 51.5 Å². The highest BCUT2D eigenvalue weighted by Crippen LogP contribution is 2.51. The summed E-state index contributed by atoms with van der Waals surface area (Å²) in [6, 6.07) is 6.85. The third-order valence-corrected chi connectivity index (χ3v) is 4.65. The SMILES string of the molecule is C=CC(=O)N1CCc2c(cccc2OC[C@@]23CC2N3)C1. The molecule has 4 heteroatoms. The van der Waals surface area contributed by atoms with Crippen LogP contribution in [-0.4, -0.2) is 35.5 Å². The van der Waals surface area contributed by atoms with E-state index in [9.17, 15) is 4.79 Å². The minimum Gasteiger partial charge on any atom is -0.491 e. The van der Waals surface area contributed by atoms with Crippen LogP contribution in [0.25, 0.3) is 0 Å². The van der Waals surface area contributed by atoms with Crippen molar-refractivity contribution in [1.82, 2.24) is 10.2 Å². The van der Waals surface area contributed by atoms with Gasteiger partial charge in [-0.05, 0) is 30.5 Å². The molecule has 2 aliphatic heterocycles. The van der Waals surface area contributed by atoms with Crippen LogP contribution in [-0.2, 0) is 17.8 Å². The predicted molar refractivity (Wildman–Crippen MR) is 75.5 cm³/mol. The summed E-state index contributed by atoms with van der Waals surface area (Å²) in [5, 5.41) is 3.40. The summed E-state index contributed by atoms with van der Waals surface area (Å²) in [4.78, 5) is 13.5. The van der Waals surface area contributed by atoms with Gasteiger partial charge < -0.3 is 15.0 Å². The Kier molecular flexibility index (Phi) is 2.45. The summed E-state index contributed by atoms with van der Waals surface area (Å²) in [7, 11) is 0. The fraction of sp³-hybridized carbons (Fsp3) is 0.438. The highest BCUT2D eigenvalue weighted by molar-refractivity contribution is 5.87. The molecule has 3 aliphatic rings. The van der Waals surface area contributed by atoms with Crippen LogP contribution in [0.3, 0.4) is 0 Å². The third kappa shape index (κ3) is 1.83. The molecule has 2 heterocycles. The van der Waals surface area contributed by atoms with E-state index < -0.39 is 0 Å². The summed E-state index contributed by atoms with van der Waals surface area (Å²) in [6.07, 6.45) is 3.50. The summed E-state index contributed by atoms with van der Waals surface area (Å²) >= 11 is 0. The van der Waals surface area contributed by atoms with Crippen molar-refractivity contribution >= 4 is 5.91 Å². The van der Waals surface area contributed by atoms with E-state index in [4.69, 9.17) is 4.74 Å². The Balaban J connectivity index is 1.51.